The first-order valence-corrected chi connectivity index (χ1v) is 11.9. The fourth-order valence-corrected chi connectivity index (χ4v) is 5.54. The lowest BCUT2D eigenvalue weighted by Gasteiger charge is -2.20. The Morgan fingerprint density at radius 3 is 2.78 bits per heavy atom. The van der Waals surface area contributed by atoms with Gasteiger partial charge in [0.15, 0.2) is 5.69 Å². The summed E-state index contributed by atoms with van der Waals surface area (Å²) < 4.78 is 1.11. The molecule has 0 radical (unpaired) electrons. The number of carbonyl (C=O) groups is 1. The number of benzene rings is 2. The summed E-state index contributed by atoms with van der Waals surface area (Å²) in [6, 6.07) is 14.0. The van der Waals surface area contributed by atoms with Crippen molar-refractivity contribution < 1.29 is 9.90 Å². The van der Waals surface area contributed by atoms with Crippen LogP contribution in [0.4, 0.5) is 10.8 Å². The lowest BCUT2D eigenvalue weighted by molar-refractivity contribution is 0.0690. The molecule has 5 rings (SSSR count). The van der Waals surface area contributed by atoms with Gasteiger partial charge in [-0.2, -0.15) is 5.10 Å². The summed E-state index contributed by atoms with van der Waals surface area (Å²) >= 11 is 3.01. The Morgan fingerprint density at radius 1 is 1.19 bits per heavy atom. The number of anilines is 2. The van der Waals surface area contributed by atoms with Gasteiger partial charge in [0.25, 0.3) is 0 Å². The smallest absolute Gasteiger partial charge is 0.355 e. The van der Waals surface area contributed by atoms with Crippen LogP contribution in [-0.2, 0) is 0 Å². The zero-order chi connectivity index (χ0) is 22.2. The van der Waals surface area contributed by atoms with E-state index in [1.54, 1.807) is 11.3 Å². The third-order valence-electron chi connectivity index (χ3n) is 5.22. The average molecular weight is 464 g/mol. The largest absolute Gasteiger partial charge is 0.476 e. The lowest BCUT2D eigenvalue weighted by atomic mass is 9.99. The molecule has 0 fully saturated rings. The minimum atomic E-state index is -0.988. The predicted octanol–water partition coefficient (Wildman–Crippen LogP) is 5.87. The van der Waals surface area contributed by atoms with Crippen molar-refractivity contribution in [3.05, 3.63) is 58.6 Å². The van der Waals surface area contributed by atoms with E-state index >= 15 is 0 Å². The molecule has 7 nitrogen and oxygen atoms in total. The summed E-state index contributed by atoms with van der Waals surface area (Å²) in [6.07, 6.45) is 0.768. The van der Waals surface area contributed by atoms with Crippen molar-refractivity contribution in [1.82, 2.24) is 9.97 Å². The quantitative estimate of drug-likeness (QED) is 0.320. The molecule has 0 aliphatic carbocycles. The van der Waals surface area contributed by atoms with E-state index in [0.717, 1.165) is 55.7 Å². The molecule has 1 aliphatic heterocycles. The van der Waals surface area contributed by atoms with E-state index in [2.05, 4.69) is 25.8 Å². The summed E-state index contributed by atoms with van der Waals surface area (Å²) in [6.45, 7) is 4.77. The molecule has 2 aromatic heterocycles. The van der Waals surface area contributed by atoms with E-state index in [4.69, 9.17) is 0 Å². The van der Waals surface area contributed by atoms with Crippen LogP contribution in [-0.4, -0.2) is 33.3 Å². The van der Waals surface area contributed by atoms with Crippen molar-refractivity contribution in [3.63, 3.8) is 0 Å². The molecule has 0 bridgehead atoms. The number of aromatic carboxylic acids is 1. The van der Waals surface area contributed by atoms with Crippen LogP contribution in [0.15, 0.2) is 47.6 Å². The zero-order valence-corrected chi connectivity index (χ0v) is 19.2. The van der Waals surface area contributed by atoms with Gasteiger partial charge in [0.05, 0.1) is 15.9 Å². The van der Waals surface area contributed by atoms with Gasteiger partial charge in [-0.3, -0.25) is 5.43 Å². The van der Waals surface area contributed by atoms with Gasteiger partial charge >= 0.3 is 5.97 Å². The normalized spacial score (nSPS) is 14.5. The molecule has 0 atom stereocenters. The lowest BCUT2D eigenvalue weighted by Crippen LogP contribution is -2.19. The van der Waals surface area contributed by atoms with Crippen molar-refractivity contribution in [2.24, 2.45) is 5.10 Å². The Kier molecular flexibility index (Phi) is 5.36. The van der Waals surface area contributed by atoms with Crippen LogP contribution < -0.4 is 10.7 Å². The molecule has 1 aliphatic rings. The average Bonchev–Trinajstić information content (AvgIpc) is 3.42. The molecule has 0 spiro atoms. The number of carboxylic acid groups (broad SMARTS) is 1. The highest BCUT2D eigenvalue weighted by Crippen LogP contribution is 2.35. The number of aromatic nitrogens is 2. The summed E-state index contributed by atoms with van der Waals surface area (Å²) in [5.74, 6) is -0.889. The number of nitrogens with zero attached hydrogens (tertiary/aromatic N) is 3. The number of thiazole rings is 2. The molecule has 32 heavy (non-hydrogen) atoms. The van der Waals surface area contributed by atoms with Crippen molar-refractivity contribution in [3.8, 4) is 10.6 Å². The van der Waals surface area contributed by atoms with E-state index < -0.39 is 5.97 Å². The molecule has 0 saturated heterocycles. The summed E-state index contributed by atoms with van der Waals surface area (Å²) in [7, 11) is 0. The Morgan fingerprint density at radius 2 is 2.03 bits per heavy atom. The van der Waals surface area contributed by atoms with Crippen molar-refractivity contribution in [1.29, 1.82) is 0 Å². The monoisotopic (exact) mass is 463 g/mol. The third kappa shape index (κ3) is 3.85. The second-order valence-corrected chi connectivity index (χ2v) is 9.85. The molecule has 3 heterocycles. The van der Waals surface area contributed by atoms with Crippen LogP contribution in [0, 0.1) is 0 Å². The van der Waals surface area contributed by atoms with Gasteiger partial charge in [0.2, 0.25) is 5.13 Å². The van der Waals surface area contributed by atoms with Crippen LogP contribution in [0.25, 0.3) is 20.8 Å². The molecular formula is C23H21N5O2S2. The summed E-state index contributed by atoms with van der Waals surface area (Å²) in [5.41, 5.74) is 8.02. The van der Waals surface area contributed by atoms with E-state index in [1.165, 1.54) is 11.3 Å². The number of carboxylic acids is 1. The number of para-hydroxylation sites is 1. The van der Waals surface area contributed by atoms with Crippen LogP contribution in [0.5, 0.6) is 0 Å². The highest BCUT2D eigenvalue weighted by Gasteiger charge is 2.22. The second-order valence-electron chi connectivity index (χ2n) is 7.79. The molecule has 0 unspecified atom stereocenters. The SMILES string of the molecule is CC(C)c1sc(-c2ccc3c(c2)/C(=N/Nc2nc4ccccc4s2)CCN3)nc1C(=O)O. The van der Waals surface area contributed by atoms with E-state index in [1.807, 2.05) is 56.3 Å². The van der Waals surface area contributed by atoms with Gasteiger partial charge in [0.1, 0.15) is 5.01 Å². The first-order chi connectivity index (χ1) is 15.5. The molecule has 4 aromatic rings. The minimum absolute atomic E-state index is 0.0989. The van der Waals surface area contributed by atoms with Gasteiger partial charge < -0.3 is 10.4 Å². The highest BCUT2D eigenvalue weighted by atomic mass is 32.1. The molecule has 9 heteroatoms. The van der Waals surface area contributed by atoms with Crippen molar-refractivity contribution in [2.75, 3.05) is 17.3 Å². The third-order valence-corrected chi connectivity index (χ3v) is 7.56. The first kappa shape index (κ1) is 20.6. The van der Waals surface area contributed by atoms with E-state index in [0.29, 0.717) is 5.01 Å². The van der Waals surface area contributed by atoms with Crippen molar-refractivity contribution in [2.45, 2.75) is 26.2 Å². The number of hydrogen-bond donors (Lipinski definition) is 3. The fourth-order valence-electron chi connectivity index (χ4n) is 3.67. The molecule has 3 N–H and O–H groups in total. The van der Waals surface area contributed by atoms with Gasteiger partial charge in [0, 0.05) is 34.7 Å². The Bertz CT molecular complexity index is 1320. The standard InChI is InChI=1S/C23H21N5O2S2/c1-12(2)20-19(22(29)30)26-21(32-20)13-7-8-15-14(11-13)16(9-10-24-15)27-28-23-25-17-5-3-4-6-18(17)31-23/h3-8,11-12,24H,9-10H2,1-2H3,(H,25,28)(H,29,30)/b27-16+. The molecule has 2 aromatic carbocycles. The van der Waals surface area contributed by atoms with Gasteiger partial charge in [-0.25, -0.2) is 14.8 Å². The summed E-state index contributed by atoms with van der Waals surface area (Å²) in [5, 5.41) is 19.1. The number of fused-ring (bicyclic) bond motifs is 2. The number of hydrogen-bond acceptors (Lipinski definition) is 8. The predicted molar refractivity (Wildman–Crippen MR) is 131 cm³/mol. The Balaban J connectivity index is 1.49. The maximum Gasteiger partial charge on any atom is 0.355 e. The van der Waals surface area contributed by atoms with Crippen LogP contribution in [0.3, 0.4) is 0 Å². The Labute approximate surface area is 192 Å². The van der Waals surface area contributed by atoms with Gasteiger partial charge in [-0.05, 0) is 36.2 Å². The van der Waals surface area contributed by atoms with E-state index in [-0.39, 0.29) is 11.6 Å². The molecule has 162 valence electrons. The molecule has 0 amide bonds. The van der Waals surface area contributed by atoms with Crippen LogP contribution in [0.2, 0.25) is 0 Å². The molecular weight excluding hydrogens is 442 g/mol. The number of hydrazone groups is 1. The van der Waals surface area contributed by atoms with Gasteiger partial charge in [-0.1, -0.05) is 37.3 Å². The maximum atomic E-state index is 11.6. The van der Waals surface area contributed by atoms with Crippen LogP contribution in [0.1, 0.15) is 47.1 Å². The maximum absolute atomic E-state index is 11.6. The Hall–Kier alpha value is -3.30. The van der Waals surface area contributed by atoms with Crippen LogP contribution >= 0.6 is 22.7 Å². The topological polar surface area (TPSA) is 99.5 Å². The minimum Gasteiger partial charge on any atom is -0.476 e. The second kappa shape index (κ2) is 8.33. The van der Waals surface area contributed by atoms with Crippen molar-refractivity contribution >= 4 is 55.4 Å². The number of rotatable bonds is 5. The molecule has 0 saturated carbocycles. The van der Waals surface area contributed by atoms with Gasteiger partial charge in [-0.15, -0.1) is 11.3 Å². The first-order valence-electron chi connectivity index (χ1n) is 10.3. The summed E-state index contributed by atoms with van der Waals surface area (Å²) in [4.78, 5) is 21.4. The fraction of sp³-hybridized carbons (Fsp3) is 0.217. The highest BCUT2D eigenvalue weighted by molar-refractivity contribution is 7.22. The zero-order valence-electron chi connectivity index (χ0n) is 17.5. The number of nitrogens with one attached hydrogen (secondary N) is 2. The van der Waals surface area contributed by atoms with E-state index in [9.17, 15) is 9.90 Å².